The van der Waals surface area contributed by atoms with Crippen molar-refractivity contribution in [2.24, 2.45) is 0 Å². The molecule has 0 fully saturated rings. The molecule has 0 unspecified atom stereocenters. The number of imidazole rings is 1. The van der Waals surface area contributed by atoms with E-state index in [9.17, 15) is 5.11 Å². The average molecular weight is 811 g/mol. The summed E-state index contributed by atoms with van der Waals surface area (Å²) in [6.45, 7) is 10.5. The molecule has 4 nitrogen and oxygen atoms in total. The SMILES string of the molecule is [2H]C([2H])([2H])c1cc(-c2cc(-c3ccc(Cc4ccccc4)cc3)ccn2)cc(-c2cccc3c2nc(-c2cccc(C(C)(C)C)c2O)n3-c2ccc(-c3ccccc3)cc2C(C)(C)C)c1. The number of benzene rings is 7. The molecule has 0 aliphatic carbocycles. The van der Waals surface area contributed by atoms with E-state index >= 15 is 0 Å². The molecular weight excluding hydrogens is 755 g/mol. The van der Waals surface area contributed by atoms with Crippen LogP contribution in [-0.4, -0.2) is 19.6 Å². The Balaban J connectivity index is 1.23. The molecule has 0 aliphatic rings. The number of aryl methyl sites for hydroxylation is 1. The molecule has 0 saturated carbocycles. The molecule has 0 saturated heterocycles. The molecule has 1 N–H and O–H groups in total. The van der Waals surface area contributed by atoms with Gasteiger partial charge in [0.25, 0.3) is 0 Å². The number of para-hydroxylation sites is 2. The summed E-state index contributed by atoms with van der Waals surface area (Å²) in [5, 5.41) is 12.1. The molecular formula is C58H53N3O. The first-order valence-electron chi connectivity index (χ1n) is 22.8. The zero-order chi connectivity index (χ0) is 45.7. The molecule has 0 aliphatic heterocycles. The van der Waals surface area contributed by atoms with Crippen molar-refractivity contribution in [2.45, 2.75) is 65.6 Å². The van der Waals surface area contributed by atoms with Gasteiger partial charge in [-0.25, -0.2) is 4.98 Å². The Labute approximate surface area is 370 Å². The van der Waals surface area contributed by atoms with Gasteiger partial charge in [-0.3, -0.25) is 9.55 Å². The molecule has 0 radical (unpaired) electrons. The first kappa shape index (κ1) is 36.8. The van der Waals surface area contributed by atoms with Gasteiger partial charge in [0.2, 0.25) is 0 Å². The van der Waals surface area contributed by atoms with Crippen LogP contribution in [0.25, 0.3) is 72.7 Å². The minimum Gasteiger partial charge on any atom is -0.507 e. The van der Waals surface area contributed by atoms with E-state index in [1.807, 2.05) is 60.7 Å². The fraction of sp³-hybridized carbons (Fsp3) is 0.172. The van der Waals surface area contributed by atoms with Gasteiger partial charge in [-0.2, -0.15) is 0 Å². The molecule has 7 aromatic carbocycles. The summed E-state index contributed by atoms with van der Waals surface area (Å²) in [6, 6.07) is 57.4. The number of aromatic hydroxyl groups is 1. The number of hydrogen-bond donors (Lipinski definition) is 1. The first-order chi connectivity index (χ1) is 31.0. The van der Waals surface area contributed by atoms with Crippen LogP contribution in [0, 0.1) is 6.85 Å². The van der Waals surface area contributed by atoms with Crippen molar-refractivity contribution in [2.75, 3.05) is 0 Å². The largest absolute Gasteiger partial charge is 0.507 e. The number of aromatic nitrogens is 3. The lowest BCUT2D eigenvalue weighted by Gasteiger charge is -2.26. The van der Waals surface area contributed by atoms with E-state index in [2.05, 4.69) is 143 Å². The maximum absolute atomic E-state index is 12.1. The van der Waals surface area contributed by atoms with Crippen LogP contribution in [0.1, 0.15) is 73.5 Å². The molecule has 2 heterocycles. The molecule has 2 aromatic heterocycles. The lowest BCUT2D eigenvalue weighted by Crippen LogP contribution is -2.16. The molecule has 306 valence electrons. The first-order valence-corrected chi connectivity index (χ1v) is 21.3. The third-order valence-electron chi connectivity index (χ3n) is 11.8. The van der Waals surface area contributed by atoms with Gasteiger partial charge >= 0.3 is 0 Å². The van der Waals surface area contributed by atoms with Gasteiger partial charge in [-0.1, -0.05) is 163 Å². The second-order valence-corrected chi connectivity index (χ2v) is 18.3. The average Bonchev–Trinajstić information content (AvgIpc) is 3.68. The van der Waals surface area contributed by atoms with Crippen LogP contribution in [0.5, 0.6) is 5.75 Å². The van der Waals surface area contributed by atoms with Crippen molar-refractivity contribution in [3.8, 4) is 67.5 Å². The third-order valence-corrected chi connectivity index (χ3v) is 11.8. The highest BCUT2D eigenvalue weighted by Gasteiger charge is 2.28. The molecule has 4 heteroatoms. The van der Waals surface area contributed by atoms with Crippen LogP contribution >= 0.6 is 0 Å². The van der Waals surface area contributed by atoms with E-state index in [0.29, 0.717) is 33.7 Å². The van der Waals surface area contributed by atoms with Crippen LogP contribution in [0.3, 0.4) is 0 Å². The normalized spacial score (nSPS) is 12.8. The van der Waals surface area contributed by atoms with Gasteiger partial charge in [0.05, 0.1) is 28.0 Å². The van der Waals surface area contributed by atoms with Crippen molar-refractivity contribution in [3.63, 3.8) is 0 Å². The number of hydrogen-bond acceptors (Lipinski definition) is 3. The van der Waals surface area contributed by atoms with Crippen molar-refractivity contribution < 1.29 is 9.22 Å². The summed E-state index contributed by atoms with van der Waals surface area (Å²) in [7, 11) is 0. The van der Waals surface area contributed by atoms with E-state index in [4.69, 9.17) is 14.1 Å². The summed E-state index contributed by atoms with van der Waals surface area (Å²) in [6.07, 6.45) is 2.63. The van der Waals surface area contributed by atoms with Gasteiger partial charge in [0.15, 0.2) is 0 Å². The maximum Gasteiger partial charge on any atom is 0.149 e. The number of nitrogens with zero attached hydrogens (tertiary/aromatic N) is 3. The second kappa shape index (κ2) is 16.1. The topological polar surface area (TPSA) is 50.9 Å². The third kappa shape index (κ3) is 7.97. The van der Waals surface area contributed by atoms with Gasteiger partial charge in [0.1, 0.15) is 11.6 Å². The van der Waals surface area contributed by atoms with Crippen LogP contribution in [-0.2, 0) is 17.3 Å². The van der Waals surface area contributed by atoms with E-state index in [-0.39, 0.29) is 22.1 Å². The smallest absolute Gasteiger partial charge is 0.149 e. The Morgan fingerprint density at radius 1 is 0.532 bits per heavy atom. The molecule has 0 amide bonds. The molecule has 0 atom stereocenters. The lowest BCUT2D eigenvalue weighted by atomic mass is 9.83. The molecule has 9 aromatic rings. The number of phenolic OH excluding ortho intramolecular Hbond substituents is 1. The Morgan fingerprint density at radius 2 is 1.16 bits per heavy atom. The Hall–Kier alpha value is -7.04. The van der Waals surface area contributed by atoms with Crippen molar-refractivity contribution in [1.82, 2.24) is 14.5 Å². The van der Waals surface area contributed by atoms with Crippen LogP contribution in [0.15, 0.2) is 176 Å². The minimum atomic E-state index is -2.39. The molecule has 62 heavy (non-hydrogen) atoms. The zero-order valence-electron chi connectivity index (χ0n) is 39.2. The Morgan fingerprint density at radius 3 is 1.89 bits per heavy atom. The Kier molecular flexibility index (Phi) is 9.55. The summed E-state index contributed by atoms with van der Waals surface area (Å²) in [4.78, 5) is 10.2. The Bertz CT molecular complexity index is 3170. The van der Waals surface area contributed by atoms with Gasteiger partial charge < -0.3 is 5.11 Å². The van der Waals surface area contributed by atoms with E-state index in [0.717, 1.165) is 56.6 Å². The quantitative estimate of drug-likeness (QED) is 0.166. The summed E-state index contributed by atoms with van der Waals surface area (Å²) >= 11 is 0. The molecule has 9 rings (SSSR count). The molecule has 0 bridgehead atoms. The monoisotopic (exact) mass is 810 g/mol. The standard InChI is InChI=1S/C58H53N3O/c1-38-32-45(35-46(33-38)51-37-44(30-31-59-51)42-26-24-40(25-27-42)34-39-16-10-8-11-17-39)47-20-15-23-53-54(47)60-56(48-21-14-22-49(55(48)62)57(2,3)4)61(53)52-29-28-43(36-50(52)58(5,6)7)41-18-12-9-13-19-41/h8-33,35-37,62H,34H2,1-7H3/i1D3. The van der Waals surface area contributed by atoms with Gasteiger partial charge in [-0.05, 0) is 128 Å². The number of fused-ring (bicyclic) bond motifs is 1. The highest BCUT2D eigenvalue weighted by Crippen LogP contribution is 2.44. The number of rotatable bonds is 8. The molecule has 0 spiro atoms. The fourth-order valence-electron chi connectivity index (χ4n) is 8.57. The van der Waals surface area contributed by atoms with Crippen LogP contribution in [0.4, 0.5) is 0 Å². The van der Waals surface area contributed by atoms with Crippen molar-refractivity contribution in [3.05, 3.63) is 204 Å². The second-order valence-electron chi connectivity index (χ2n) is 18.3. The van der Waals surface area contributed by atoms with Crippen LogP contribution < -0.4 is 0 Å². The predicted molar refractivity (Wildman–Crippen MR) is 259 cm³/mol. The maximum atomic E-state index is 12.1. The minimum absolute atomic E-state index is 0.180. The highest BCUT2D eigenvalue weighted by atomic mass is 16.3. The lowest BCUT2D eigenvalue weighted by molar-refractivity contribution is 0.448. The van der Waals surface area contributed by atoms with Crippen molar-refractivity contribution in [1.29, 1.82) is 0 Å². The number of phenols is 1. The number of pyridine rings is 1. The van der Waals surface area contributed by atoms with Gasteiger partial charge in [-0.15, -0.1) is 0 Å². The fourth-order valence-corrected chi connectivity index (χ4v) is 8.57. The van der Waals surface area contributed by atoms with E-state index < -0.39 is 6.85 Å². The zero-order valence-corrected chi connectivity index (χ0v) is 36.2. The highest BCUT2D eigenvalue weighted by molar-refractivity contribution is 5.97. The summed E-state index contributed by atoms with van der Waals surface area (Å²) < 4.78 is 28.0. The van der Waals surface area contributed by atoms with Crippen LogP contribution in [0.2, 0.25) is 0 Å². The van der Waals surface area contributed by atoms with Crippen molar-refractivity contribution >= 4 is 11.0 Å². The predicted octanol–water partition coefficient (Wildman–Crippen LogP) is 15.0. The summed E-state index contributed by atoms with van der Waals surface area (Å²) in [5.41, 5.74) is 14.2. The summed E-state index contributed by atoms with van der Waals surface area (Å²) in [5.74, 6) is 0.769. The van der Waals surface area contributed by atoms with Gasteiger partial charge in [0, 0.05) is 21.4 Å². The van der Waals surface area contributed by atoms with E-state index in [1.54, 1.807) is 18.3 Å². The van der Waals surface area contributed by atoms with E-state index in [1.165, 1.54) is 11.1 Å².